The number of anilines is 1. The van der Waals surface area contributed by atoms with Crippen LogP contribution < -0.4 is 10.4 Å². The minimum absolute atomic E-state index is 0.0355. The zero-order valence-electron chi connectivity index (χ0n) is 22.6. The first-order valence-corrected chi connectivity index (χ1v) is 13.5. The van der Waals surface area contributed by atoms with Crippen LogP contribution in [-0.4, -0.2) is 65.9 Å². The number of ether oxygens (including phenoxy) is 1. The Bertz CT molecular complexity index is 1320. The average molecular weight is 585 g/mol. The number of benzene rings is 3. The number of quaternary nitrogens is 1. The minimum atomic E-state index is -5.19. The molecular formula is C31H31F3N2O6. The van der Waals surface area contributed by atoms with E-state index in [0.29, 0.717) is 28.7 Å². The van der Waals surface area contributed by atoms with Gasteiger partial charge in [0.15, 0.2) is 12.6 Å². The van der Waals surface area contributed by atoms with E-state index >= 15 is 0 Å². The van der Waals surface area contributed by atoms with Crippen LogP contribution in [0.15, 0.2) is 91.0 Å². The van der Waals surface area contributed by atoms with E-state index in [4.69, 9.17) is 14.6 Å². The van der Waals surface area contributed by atoms with Gasteiger partial charge in [-0.05, 0) is 23.3 Å². The number of nitrogens with one attached hydrogen (secondary N) is 1. The molecule has 3 fully saturated rings. The summed E-state index contributed by atoms with van der Waals surface area (Å²) in [4.78, 5) is 35.3. The Morgan fingerprint density at radius 3 is 1.76 bits per heavy atom. The van der Waals surface area contributed by atoms with Gasteiger partial charge in [-0.25, -0.2) is 4.79 Å². The molecule has 3 aromatic rings. The number of nitrogens with zero attached hydrogens (tertiary/aromatic N) is 1. The highest BCUT2D eigenvalue weighted by molar-refractivity contribution is 5.91. The normalized spacial score (nSPS) is 21.4. The molecule has 222 valence electrons. The molecule has 11 heteroatoms. The molecule has 0 unspecified atom stereocenters. The number of aliphatic carboxylic acids is 1. The number of hydrogen-bond donors (Lipinski definition) is 2. The lowest BCUT2D eigenvalue weighted by Gasteiger charge is -2.51. The lowest BCUT2D eigenvalue weighted by atomic mass is 9.82. The number of esters is 1. The van der Waals surface area contributed by atoms with E-state index in [0.717, 1.165) is 31.6 Å². The minimum Gasteiger partial charge on any atom is -0.542 e. The summed E-state index contributed by atoms with van der Waals surface area (Å²) in [6, 6.07) is 27.3. The summed E-state index contributed by atoms with van der Waals surface area (Å²) in [5, 5.41) is 23.5. The second-order valence-corrected chi connectivity index (χ2v) is 10.6. The second-order valence-electron chi connectivity index (χ2n) is 10.6. The first-order valence-electron chi connectivity index (χ1n) is 13.5. The molecule has 3 aliphatic heterocycles. The van der Waals surface area contributed by atoms with E-state index in [-0.39, 0.29) is 17.9 Å². The third-order valence-corrected chi connectivity index (χ3v) is 7.75. The average Bonchev–Trinajstić information content (AvgIpc) is 2.98. The number of hydrogen-bond acceptors (Lipinski definition) is 6. The van der Waals surface area contributed by atoms with Crippen molar-refractivity contribution in [2.75, 3.05) is 31.5 Å². The number of halogens is 3. The molecule has 0 spiro atoms. The van der Waals surface area contributed by atoms with Crippen LogP contribution in [0.5, 0.6) is 0 Å². The maximum absolute atomic E-state index is 13.6. The van der Waals surface area contributed by atoms with Crippen molar-refractivity contribution in [1.29, 1.82) is 0 Å². The Morgan fingerprint density at radius 2 is 1.31 bits per heavy atom. The summed E-state index contributed by atoms with van der Waals surface area (Å²) in [5.74, 6) is -3.47. The van der Waals surface area contributed by atoms with Crippen LogP contribution in [-0.2, 0) is 24.7 Å². The van der Waals surface area contributed by atoms with Crippen LogP contribution >= 0.6 is 0 Å². The van der Waals surface area contributed by atoms with E-state index in [9.17, 15) is 27.9 Å². The molecule has 0 aromatic heterocycles. The molecule has 42 heavy (non-hydrogen) atoms. The number of aliphatic hydroxyl groups is 1. The molecular weight excluding hydrogens is 553 g/mol. The maximum atomic E-state index is 13.6. The smallest absolute Gasteiger partial charge is 0.430 e. The first-order chi connectivity index (χ1) is 19.9. The molecule has 8 nitrogen and oxygen atoms in total. The molecule has 3 saturated heterocycles. The second kappa shape index (κ2) is 12.7. The van der Waals surface area contributed by atoms with E-state index in [1.54, 1.807) is 48.5 Å². The summed E-state index contributed by atoms with van der Waals surface area (Å²) in [5.41, 5.74) is -0.169. The highest BCUT2D eigenvalue weighted by atomic mass is 19.4. The number of carboxylic acid groups (broad SMARTS) is 1. The van der Waals surface area contributed by atoms with Crippen LogP contribution in [0.1, 0.15) is 24.0 Å². The van der Waals surface area contributed by atoms with Crippen molar-refractivity contribution in [2.45, 2.75) is 30.7 Å². The molecule has 2 bridgehead atoms. The highest BCUT2D eigenvalue weighted by Crippen LogP contribution is 2.38. The van der Waals surface area contributed by atoms with Crippen molar-refractivity contribution in [1.82, 2.24) is 0 Å². The van der Waals surface area contributed by atoms with Gasteiger partial charge in [0.1, 0.15) is 12.5 Å². The van der Waals surface area contributed by atoms with E-state index in [1.165, 1.54) is 0 Å². The molecule has 1 atom stereocenters. The zero-order chi connectivity index (χ0) is 30.4. The molecule has 2 N–H and O–H groups in total. The van der Waals surface area contributed by atoms with Crippen molar-refractivity contribution >= 4 is 23.5 Å². The Hall–Kier alpha value is -4.22. The Balaban J connectivity index is 0.000000517. The largest absolute Gasteiger partial charge is 0.542 e. The standard InChI is InChI=1S/C29H30N2O4.C2HF3O2/c32-27(30-25-14-8-3-9-15-25)21-31-18-16-22(17-19-31)26(20-31)35-28(33)29(34,23-10-4-1-5-11-23)24-12-6-2-7-13-24;3-2(4,5)1(6)7/h1-15,22,26,34H,16-21H2;(H,6,7)/t22?,26-,31?;/m0./s1. The highest BCUT2D eigenvalue weighted by Gasteiger charge is 2.51. The van der Waals surface area contributed by atoms with Gasteiger partial charge in [0.2, 0.25) is 5.60 Å². The van der Waals surface area contributed by atoms with Gasteiger partial charge in [-0.1, -0.05) is 78.9 Å². The predicted molar refractivity (Wildman–Crippen MR) is 144 cm³/mol. The monoisotopic (exact) mass is 584 g/mol. The first kappa shape index (κ1) is 30.7. The number of alkyl halides is 3. The molecule has 3 aliphatic rings. The third kappa shape index (κ3) is 7.15. The van der Waals surface area contributed by atoms with Gasteiger partial charge < -0.3 is 29.5 Å². The van der Waals surface area contributed by atoms with E-state index < -0.39 is 23.7 Å². The van der Waals surface area contributed by atoms with Gasteiger partial charge in [-0.3, -0.25) is 4.79 Å². The molecule has 1 amide bonds. The van der Waals surface area contributed by atoms with Gasteiger partial charge >= 0.3 is 12.1 Å². The molecule has 0 saturated carbocycles. The summed E-state index contributed by atoms with van der Waals surface area (Å²) >= 11 is 0. The van der Waals surface area contributed by atoms with Gasteiger partial charge in [0, 0.05) is 24.4 Å². The van der Waals surface area contributed by atoms with Crippen LogP contribution in [0.25, 0.3) is 0 Å². The van der Waals surface area contributed by atoms with Crippen LogP contribution in [0.4, 0.5) is 18.9 Å². The van der Waals surface area contributed by atoms with Gasteiger partial charge in [0.25, 0.3) is 5.91 Å². The van der Waals surface area contributed by atoms with Crippen molar-refractivity contribution < 1.29 is 47.0 Å². The number of piperidine rings is 3. The zero-order valence-corrected chi connectivity index (χ0v) is 22.6. The maximum Gasteiger partial charge on any atom is 0.430 e. The predicted octanol–water partition coefficient (Wildman–Crippen LogP) is 3.01. The summed E-state index contributed by atoms with van der Waals surface area (Å²) in [6.45, 7) is 2.71. The van der Waals surface area contributed by atoms with Crippen LogP contribution in [0.3, 0.4) is 0 Å². The summed E-state index contributed by atoms with van der Waals surface area (Å²) in [7, 11) is 0. The third-order valence-electron chi connectivity index (χ3n) is 7.75. The Kier molecular flexibility index (Phi) is 9.33. The topological polar surface area (TPSA) is 116 Å². The van der Waals surface area contributed by atoms with Crippen molar-refractivity contribution in [3.63, 3.8) is 0 Å². The fourth-order valence-corrected chi connectivity index (χ4v) is 5.59. The molecule has 6 rings (SSSR count). The molecule has 0 aliphatic carbocycles. The number of carboxylic acids is 1. The fourth-order valence-electron chi connectivity index (χ4n) is 5.59. The lowest BCUT2D eigenvalue weighted by molar-refractivity contribution is -0.939. The Morgan fingerprint density at radius 1 is 0.857 bits per heavy atom. The Labute approximate surface area is 240 Å². The summed E-state index contributed by atoms with van der Waals surface area (Å²) in [6.07, 6.45) is -3.74. The SMILES string of the molecule is O=C(C[N+]12CCC(CC1)[C@@H](OC(=O)C(O)(c1ccccc1)c1ccccc1)C2)Nc1ccccc1.O=C([O-])C(F)(F)F. The number of rotatable bonds is 7. The number of para-hydroxylation sites is 1. The van der Waals surface area contributed by atoms with Gasteiger partial charge in [-0.2, -0.15) is 13.2 Å². The van der Waals surface area contributed by atoms with Crippen LogP contribution in [0, 0.1) is 5.92 Å². The van der Waals surface area contributed by atoms with Crippen molar-refractivity contribution in [2.24, 2.45) is 5.92 Å². The quantitative estimate of drug-likeness (QED) is 0.326. The number of carbonyl (C=O) groups excluding carboxylic acids is 3. The van der Waals surface area contributed by atoms with Gasteiger partial charge in [0.05, 0.1) is 13.1 Å². The molecule has 0 radical (unpaired) electrons. The molecule has 3 aromatic carbocycles. The number of fused-ring (bicyclic) bond motifs is 3. The number of amides is 1. The molecule has 3 heterocycles. The lowest BCUT2D eigenvalue weighted by Crippen LogP contribution is -2.66. The van der Waals surface area contributed by atoms with Crippen molar-refractivity contribution in [3.05, 3.63) is 102 Å². The van der Waals surface area contributed by atoms with Crippen molar-refractivity contribution in [3.8, 4) is 0 Å². The number of carbonyl (C=O) groups is 3. The van der Waals surface area contributed by atoms with E-state index in [2.05, 4.69) is 5.32 Å². The van der Waals surface area contributed by atoms with Crippen LogP contribution in [0.2, 0.25) is 0 Å². The summed E-state index contributed by atoms with van der Waals surface area (Å²) < 4.78 is 38.2. The van der Waals surface area contributed by atoms with E-state index in [1.807, 2.05) is 42.5 Å². The fraction of sp³-hybridized carbons (Fsp3) is 0.323. The van der Waals surface area contributed by atoms with Gasteiger partial charge in [-0.15, -0.1) is 0 Å².